The molecule has 0 saturated heterocycles. The molecule has 0 atom stereocenters. The summed E-state index contributed by atoms with van der Waals surface area (Å²) in [4.78, 5) is 4.40. The van der Waals surface area contributed by atoms with E-state index in [1.54, 1.807) is 0 Å². The molecule has 2 aromatic rings. The van der Waals surface area contributed by atoms with Crippen molar-refractivity contribution in [1.29, 1.82) is 0 Å². The number of hydrogen-bond acceptors (Lipinski definition) is 2. The highest BCUT2D eigenvalue weighted by Gasteiger charge is 2.09. The third-order valence-electron chi connectivity index (χ3n) is 2.48. The number of aliphatic imine (C=N–C) groups is 1. The molecule has 1 aliphatic rings. The lowest BCUT2D eigenvalue weighted by Gasteiger charge is -2.04. The van der Waals surface area contributed by atoms with Crippen molar-refractivity contribution in [1.82, 2.24) is 9.88 Å². The Labute approximate surface area is 94.2 Å². The van der Waals surface area contributed by atoms with Gasteiger partial charge < -0.3 is 5.32 Å². The maximum absolute atomic E-state index is 4.40. The molecule has 0 amide bonds. The summed E-state index contributed by atoms with van der Waals surface area (Å²) in [7, 11) is 0. The molecular weight excluding hydrogens is 210 g/mol. The number of halogens is 1. The summed E-state index contributed by atoms with van der Waals surface area (Å²) < 4.78 is 2.10. The van der Waals surface area contributed by atoms with Crippen molar-refractivity contribution < 1.29 is 0 Å². The number of nitrogens with zero attached hydrogens (tertiary/aromatic N) is 2. The Kier molecular flexibility index (Phi) is 2.64. The monoisotopic (exact) mass is 221 g/mol. The van der Waals surface area contributed by atoms with Crippen LogP contribution in [0.1, 0.15) is 0 Å². The van der Waals surface area contributed by atoms with Gasteiger partial charge >= 0.3 is 0 Å². The fourth-order valence-corrected chi connectivity index (χ4v) is 1.81. The van der Waals surface area contributed by atoms with Gasteiger partial charge in [0.1, 0.15) is 0 Å². The first-order chi connectivity index (χ1) is 6.95. The van der Waals surface area contributed by atoms with E-state index in [4.69, 9.17) is 0 Å². The summed E-state index contributed by atoms with van der Waals surface area (Å²) in [5, 5.41) is 4.52. The molecule has 0 saturated carbocycles. The van der Waals surface area contributed by atoms with E-state index in [-0.39, 0.29) is 12.4 Å². The van der Waals surface area contributed by atoms with Crippen LogP contribution in [0.25, 0.3) is 10.9 Å². The summed E-state index contributed by atoms with van der Waals surface area (Å²) in [6.07, 6.45) is 2.06. The molecule has 3 nitrogen and oxygen atoms in total. The van der Waals surface area contributed by atoms with Crippen LogP contribution in [0.4, 0.5) is 0 Å². The van der Waals surface area contributed by atoms with Gasteiger partial charge in [-0.25, -0.2) is 0 Å². The van der Waals surface area contributed by atoms with Crippen LogP contribution in [0.15, 0.2) is 41.5 Å². The number of benzene rings is 1. The van der Waals surface area contributed by atoms with E-state index in [9.17, 15) is 0 Å². The van der Waals surface area contributed by atoms with Gasteiger partial charge in [-0.3, -0.25) is 9.56 Å². The van der Waals surface area contributed by atoms with Crippen molar-refractivity contribution in [2.75, 3.05) is 13.1 Å². The Balaban J connectivity index is 0.000000853. The SMILES string of the molecule is Cl.c1ccc2c(c1)ccn2C1=NCCN1. The van der Waals surface area contributed by atoms with Gasteiger partial charge in [0, 0.05) is 18.1 Å². The zero-order chi connectivity index (χ0) is 9.38. The highest BCUT2D eigenvalue weighted by molar-refractivity contribution is 5.94. The van der Waals surface area contributed by atoms with E-state index in [1.165, 1.54) is 10.9 Å². The highest BCUT2D eigenvalue weighted by atomic mass is 35.5. The van der Waals surface area contributed by atoms with Crippen LogP contribution in [-0.4, -0.2) is 23.6 Å². The van der Waals surface area contributed by atoms with Gasteiger partial charge in [-0.05, 0) is 12.1 Å². The molecule has 0 spiro atoms. The Morgan fingerprint density at radius 1 is 1.20 bits per heavy atom. The molecule has 1 aromatic heterocycles. The van der Waals surface area contributed by atoms with Gasteiger partial charge in [-0.1, -0.05) is 18.2 Å². The van der Waals surface area contributed by atoms with E-state index >= 15 is 0 Å². The van der Waals surface area contributed by atoms with Crippen LogP contribution in [-0.2, 0) is 0 Å². The molecule has 15 heavy (non-hydrogen) atoms. The van der Waals surface area contributed by atoms with Gasteiger partial charge in [0.05, 0.1) is 12.1 Å². The maximum atomic E-state index is 4.40. The molecule has 0 radical (unpaired) electrons. The van der Waals surface area contributed by atoms with Crippen LogP contribution in [0, 0.1) is 0 Å². The van der Waals surface area contributed by atoms with Crippen LogP contribution < -0.4 is 5.32 Å². The van der Waals surface area contributed by atoms with E-state index in [2.05, 4.69) is 45.3 Å². The minimum absolute atomic E-state index is 0. The van der Waals surface area contributed by atoms with Crippen molar-refractivity contribution in [3.05, 3.63) is 36.5 Å². The fraction of sp³-hybridized carbons (Fsp3) is 0.182. The molecule has 78 valence electrons. The molecule has 0 aliphatic carbocycles. The maximum Gasteiger partial charge on any atom is 0.202 e. The first-order valence-electron chi connectivity index (χ1n) is 4.80. The molecule has 0 bridgehead atoms. The smallest absolute Gasteiger partial charge is 0.202 e. The van der Waals surface area contributed by atoms with Crippen LogP contribution >= 0.6 is 12.4 Å². The summed E-state index contributed by atoms with van der Waals surface area (Å²) in [6.45, 7) is 1.82. The quantitative estimate of drug-likeness (QED) is 0.723. The van der Waals surface area contributed by atoms with Crippen molar-refractivity contribution in [3.8, 4) is 0 Å². The average molecular weight is 222 g/mol. The largest absolute Gasteiger partial charge is 0.354 e. The summed E-state index contributed by atoms with van der Waals surface area (Å²) in [5.74, 6) is 0.964. The number of para-hydroxylation sites is 1. The Morgan fingerprint density at radius 3 is 2.87 bits per heavy atom. The second-order valence-corrected chi connectivity index (χ2v) is 3.38. The van der Waals surface area contributed by atoms with Crippen molar-refractivity contribution in [2.24, 2.45) is 4.99 Å². The molecule has 3 rings (SSSR count). The average Bonchev–Trinajstić information content (AvgIpc) is 2.85. The van der Waals surface area contributed by atoms with Gasteiger partial charge in [-0.2, -0.15) is 0 Å². The molecule has 0 unspecified atom stereocenters. The Hall–Kier alpha value is -1.48. The first kappa shape index (κ1) is 10.1. The minimum Gasteiger partial charge on any atom is -0.354 e. The Bertz CT molecular complexity index is 501. The van der Waals surface area contributed by atoms with E-state index < -0.39 is 0 Å². The summed E-state index contributed by atoms with van der Waals surface area (Å²) in [5.41, 5.74) is 1.21. The number of rotatable bonds is 0. The molecule has 1 aliphatic heterocycles. The summed E-state index contributed by atoms with van der Waals surface area (Å²) in [6, 6.07) is 10.4. The first-order valence-corrected chi connectivity index (χ1v) is 4.80. The van der Waals surface area contributed by atoms with Gasteiger partial charge in [0.15, 0.2) is 0 Å². The standard InChI is InChI=1S/C11H11N3.ClH/c1-2-4-10-9(3-1)5-8-14(10)11-12-6-7-13-11;/h1-5,8H,6-7H2,(H,12,13);1H. The second kappa shape index (κ2) is 3.95. The number of hydrogen-bond donors (Lipinski definition) is 1. The van der Waals surface area contributed by atoms with Crippen molar-refractivity contribution in [3.63, 3.8) is 0 Å². The number of aromatic nitrogens is 1. The predicted molar refractivity (Wildman–Crippen MR) is 64.9 cm³/mol. The van der Waals surface area contributed by atoms with E-state index in [0.717, 1.165) is 19.0 Å². The molecule has 4 heteroatoms. The topological polar surface area (TPSA) is 29.3 Å². The van der Waals surface area contributed by atoms with E-state index in [1.807, 2.05) is 6.07 Å². The van der Waals surface area contributed by atoms with E-state index in [0.29, 0.717) is 0 Å². The van der Waals surface area contributed by atoms with Crippen LogP contribution in [0.2, 0.25) is 0 Å². The zero-order valence-corrected chi connectivity index (χ0v) is 9.00. The zero-order valence-electron chi connectivity index (χ0n) is 8.18. The fourth-order valence-electron chi connectivity index (χ4n) is 1.81. The molecule has 1 aromatic carbocycles. The van der Waals surface area contributed by atoms with Crippen molar-refractivity contribution in [2.45, 2.75) is 0 Å². The minimum atomic E-state index is 0. The third kappa shape index (κ3) is 1.59. The predicted octanol–water partition coefficient (Wildman–Crippen LogP) is 1.87. The highest BCUT2D eigenvalue weighted by Crippen LogP contribution is 2.14. The number of nitrogens with one attached hydrogen (secondary N) is 1. The molecule has 1 N–H and O–H groups in total. The molecule has 0 fully saturated rings. The number of fused-ring (bicyclic) bond motifs is 1. The van der Waals surface area contributed by atoms with Gasteiger partial charge in [0.2, 0.25) is 5.96 Å². The van der Waals surface area contributed by atoms with Crippen LogP contribution in [0.3, 0.4) is 0 Å². The van der Waals surface area contributed by atoms with Gasteiger partial charge in [0.25, 0.3) is 0 Å². The lowest BCUT2D eigenvalue weighted by molar-refractivity contribution is 0.944. The lowest BCUT2D eigenvalue weighted by Crippen LogP contribution is -2.25. The normalized spacial score (nSPS) is 14.5. The summed E-state index contributed by atoms with van der Waals surface area (Å²) >= 11 is 0. The van der Waals surface area contributed by atoms with Crippen LogP contribution in [0.5, 0.6) is 0 Å². The lowest BCUT2D eigenvalue weighted by atomic mass is 10.2. The third-order valence-corrected chi connectivity index (χ3v) is 2.48. The van der Waals surface area contributed by atoms with Crippen molar-refractivity contribution >= 4 is 29.3 Å². The second-order valence-electron chi connectivity index (χ2n) is 3.38. The van der Waals surface area contributed by atoms with Gasteiger partial charge in [-0.15, -0.1) is 12.4 Å². The Morgan fingerprint density at radius 2 is 2.07 bits per heavy atom. The molecule has 2 heterocycles. The molecular formula is C11H12ClN3.